The number of ether oxygens (including phenoxy) is 2. The van der Waals surface area contributed by atoms with Gasteiger partial charge < -0.3 is 19.2 Å². The predicted molar refractivity (Wildman–Crippen MR) is 97.7 cm³/mol. The first-order valence-electron chi connectivity index (χ1n) is 8.88. The zero-order valence-corrected chi connectivity index (χ0v) is 14.2. The Kier molecular flexibility index (Phi) is 5.00. The van der Waals surface area contributed by atoms with E-state index in [1.165, 1.54) is 16.3 Å². The van der Waals surface area contributed by atoms with E-state index in [0.717, 1.165) is 37.5 Å². The van der Waals surface area contributed by atoms with Gasteiger partial charge in [0.1, 0.15) is 18.1 Å². The number of fused-ring (bicyclic) bond motifs is 1. The highest BCUT2D eigenvalue weighted by molar-refractivity contribution is 5.87. The second kappa shape index (κ2) is 7.72. The van der Waals surface area contributed by atoms with Crippen LogP contribution in [0, 0.1) is 0 Å². The zero-order valence-electron chi connectivity index (χ0n) is 14.2. The van der Waals surface area contributed by atoms with Crippen LogP contribution >= 0.6 is 0 Å². The Balaban J connectivity index is 1.52. The third-order valence-electron chi connectivity index (χ3n) is 4.63. The van der Waals surface area contributed by atoms with Gasteiger partial charge in [-0.1, -0.05) is 30.3 Å². The molecule has 0 aliphatic carbocycles. The maximum absolute atomic E-state index is 6.13. The Labute approximate surface area is 147 Å². The van der Waals surface area contributed by atoms with Crippen molar-refractivity contribution in [3.63, 3.8) is 0 Å². The molecule has 0 bridgehead atoms. The van der Waals surface area contributed by atoms with Crippen molar-refractivity contribution in [1.82, 2.24) is 5.32 Å². The summed E-state index contributed by atoms with van der Waals surface area (Å²) in [5.74, 6) is 1.86. The summed E-state index contributed by atoms with van der Waals surface area (Å²) in [6.45, 7) is 2.89. The highest BCUT2D eigenvalue weighted by Crippen LogP contribution is 2.29. The predicted octanol–water partition coefficient (Wildman–Crippen LogP) is 4.28. The van der Waals surface area contributed by atoms with Gasteiger partial charge in [0.2, 0.25) is 0 Å². The largest absolute Gasteiger partial charge is 0.491 e. The molecule has 4 nitrogen and oxygen atoms in total. The molecule has 0 radical (unpaired) electrons. The molecular weight excluding hydrogens is 314 g/mol. The standard InChI is InChI=1S/C21H23NO3/c1-2-8-19-16(5-1)9-10-21(25-15-18-7-4-12-24-18)20(19)14-22-13-17-6-3-11-23-17/h1-3,5-6,8-11,18,22H,4,7,12-15H2. The van der Waals surface area contributed by atoms with Gasteiger partial charge in [0, 0.05) is 18.7 Å². The van der Waals surface area contributed by atoms with Crippen LogP contribution < -0.4 is 10.1 Å². The SMILES string of the molecule is c1coc(CNCc2c(OCC3CCCO3)ccc3ccccc23)c1. The summed E-state index contributed by atoms with van der Waals surface area (Å²) in [7, 11) is 0. The summed E-state index contributed by atoms with van der Waals surface area (Å²) in [5.41, 5.74) is 1.18. The van der Waals surface area contributed by atoms with E-state index in [2.05, 4.69) is 41.7 Å². The van der Waals surface area contributed by atoms with Crippen molar-refractivity contribution >= 4 is 10.8 Å². The lowest BCUT2D eigenvalue weighted by molar-refractivity contribution is 0.0676. The molecule has 130 valence electrons. The molecule has 0 spiro atoms. The first-order chi connectivity index (χ1) is 12.4. The molecule has 4 heteroatoms. The van der Waals surface area contributed by atoms with Crippen molar-refractivity contribution in [2.75, 3.05) is 13.2 Å². The van der Waals surface area contributed by atoms with Crippen LogP contribution in [0.15, 0.2) is 59.2 Å². The molecule has 1 unspecified atom stereocenters. The topological polar surface area (TPSA) is 43.6 Å². The van der Waals surface area contributed by atoms with E-state index in [1.807, 2.05) is 12.1 Å². The minimum atomic E-state index is 0.218. The smallest absolute Gasteiger partial charge is 0.124 e. The number of rotatable bonds is 7. The average Bonchev–Trinajstić information content (AvgIpc) is 3.34. The molecule has 2 heterocycles. The summed E-state index contributed by atoms with van der Waals surface area (Å²) in [4.78, 5) is 0. The van der Waals surface area contributed by atoms with E-state index in [1.54, 1.807) is 6.26 Å². The normalized spacial score (nSPS) is 17.2. The lowest BCUT2D eigenvalue weighted by atomic mass is 10.0. The Morgan fingerprint density at radius 3 is 2.84 bits per heavy atom. The van der Waals surface area contributed by atoms with Crippen molar-refractivity contribution < 1.29 is 13.9 Å². The lowest BCUT2D eigenvalue weighted by Gasteiger charge is -2.17. The van der Waals surface area contributed by atoms with Gasteiger partial charge in [0.05, 0.1) is 18.9 Å². The van der Waals surface area contributed by atoms with E-state index in [-0.39, 0.29) is 6.10 Å². The Hall–Kier alpha value is -2.30. The molecule has 1 saturated heterocycles. The quantitative estimate of drug-likeness (QED) is 0.699. The Bertz CT molecular complexity index is 807. The van der Waals surface area contributed by atoms with Gasteiger partial charge in [-0.05, 0) is 41.8 Å². The van der Waals surface area contributed by atoms with Gasteiger partial charge in [-0.2, -0.15) is 0 Å². The molecule has 0 amide bonds. The van der Waals surface area contributed by atoms with Crippen LogP contribution in [0.5, 0.6) is 5.75 Å². The molecule has 25 heavy (non-hydrogen) atoms. The van der Waals surface area contributed by atoms with Crippen molar-refractivity contribution in [2.45, 2.75) is 32.0 Å². The minimum absolute atomic E-state index is 0.218. The van der Waals surface area contributed by atoms with Gasteiger partial charge in [-0.25, -0.2) is 0 Å². The van der Waals surface area contributed by atoms with E-state index in [0.29, 0.717) is 13.2 Å². The first-order valence-corrected chi connectivity index (χ1v) is 8.88. The molecular formula is C21H23NO3. The molecule has 1 atom stereocenters. The van der Waals surface area contributed by atoms with Gasteiger partial charge in [-0.3, -0.25) is 0 Å². The highest BCUT2D eigenvalue weighted by atomic mass is 16.5. The Morgan fingerprint density at radius 1 is 1.04 bits per heavy atom. The van der Waals surface area contributed by atoms with Crippen LogP contribution in [-0.4, -0.2) is 19.3 Å². The lowest BCUT2D eigenvalue weighted by Crippen LogP contribution is -2.18. The second-order valence-electron chi connectivity index (χ2n) is 6.39. The molecule has 4 rings (SSSR count). The second-order valence-corrected chi connectivity index (χ2v) is 6.39. The Morgan fingerprint density at radius 2 is 2.00 bits per heavy atom. The van der Waals surface area contributed by atoms with Crippen LogP contribution in [0.25, 0.3) is 10.8 Å². The van der Waals surface area contributed by atoms with Crippen LogP contribution in [0.1, 0.15) is 24.2 Å². The first kappa shape index (κ1) is 16.2. The maximum Gasteiger partial charge on any atom is 0.124 e. The van der Waals surface area contributed by atoms with E-state index in [9.17, 15) is 0 Å². The van der Waals surface area contributed by atoms with Crippen LogP contribution in [-0.2, 0) is 17.8 Å². The number of hydrogen-bond acceptors (Lipinski definition) is 4. The summed E-state index contributed by atoms with van der Waals surface area (Å²) in [6, 6.07) is 16.5. The van der Waals surface area contributed by atoms with Gasteiger partial charge in [-0.15, -0.1) is 0 Å². The minimum Gasteiger partial charge on any atom is -0.491 e. The molecule has 3 aromatic rings. The molecule has 1 fully saturated rings. The molecule has 1 aliphatic rings. The fourth-order valence-corrected chi connectivity index (χ4v) is 3.32. The van der Waals surface area contributed by atoms with Crippen LogP contribution in [0.4, 0.5) is 0 Å². The zero-order chi connectivity index (χ0) is 16.9. The number of benzene rings is 2. The van der Waals surface area contributed by atoms with Crippen molar-refractivity contribution in [1.29, 1.82) is 0 Å². The molecule has 2 aromatic carbocycles. The average molecular weight is 337 g/mol. The summed E-state index contributed by atoms with van der Waals surface area (Å²) >= 11 is 0. The van der Waals surface area contributed by atoms with Gasteiger partial charge >= 0.3 is 0 Å². The van der Waals surface area contributed by atoms with E-state index >= 15 is 0 Å². The molecule has 0 saturated carbocycles. The molecule has 1 N–H and O–H groups in total. The fourth-order valence-electron chi connectivity index (χ4n) is 3.32. The monoisotopic (exact) mass is 337 g/mol. The summed E-state index contributed by atoms with van der Waals surface area (Å²) in [5, 5.41) is 5.91. The molecule has 1 aromatic heterocycles. The van der Waals surface area contributed by atoms with Crippen LogP contribution in [0.3, 0.4) is 0 Å². The summed E-state index contributed by atoms with van der Waals surface area (Å²) < 4.78 is 17.2. The van der Waals surface area contributed by atoms with Crippen molar-refractivity contribution in [3.8, 4) is 5.75 Å². The third kappa shape index (κ3) is 3.86. The number of furan rings is 1. The van der Waals surface area contributed by atoms with Gasteiger partial charge in [0.15, 0.2) is 0 Å². The van der Waals surface area contributed by atoms with Gasteiger partial charge in [0.25, 0.3) is 0 Å². The third-order valence-corrected chi connectivity index (χ3v) is 4.63. The summed E-state index contributed by atoms with van der Waals surface area (Å²) in [6.07, 6.45) is 4.13. The van der Waals surface area contributed by atoms with E-state index in [4.69, 9.17) is 13.9 Å². The van der Waals surface area contributed by atoms with Crippen molar-refractivity contribution in [3.05, 3.63) is 66.1 Å². The fraction of sp³-hybridized carbons (Fsp3) is 0.333. The molecule has 1 aliphatic heterocycles. The van der Waals surface area contributed by atoms with Crippen molar-refractivity contribution in [2.24, 2.45) is 0 Å². The number of nitrogens with one attached hydrogen (secondary N) is 1. The van der Waals surface area contributed by atoms with E-state index < -0.39 is 0 Å². The van der Waals surface area contributed by atoms with Crippen LogP contribution in [0.2, 0.25) is 0 Å². The number of hydrogen-bond donors (Lipinski definition) is 1. The maximum atomic E-state index is 6.13. The highest BCUT2D eigenvalue weighted by Gasteiger charge is 2.17.